The lowest BCUT2D eigenvalue weighted by Gasteiger charge is -2.47. The topological polar surface area (TPSA) is 118 Å². The van der Waals surface area contributed by atoms with Gasteiger partial charge in [0.25, 0.3) is 0 Å². The molecule has 1 aromatic heterocycles. The van der Waals surface area contributed by atoms with Crippen LogP contribution >= 0.6 is 12.4 Å². The van der Waals surface area contributed by atoms with Gasteiger partial charge in [-0.25, -0.2) is 5.01 Å². The third-order valence-corrected chi connectivity index (χ3v) is 8.09. The summed E-state index contributed by atoms with van der Waals surface area (Å²) in [4.78, 5) is 32.3. The Morgan fingerprint density at radius 2 is 1.78 bits per heavy atom. The number of hydrogen-bond donors (Lipinski definition) is 4. The van der Waals surface area contributed by atoms with Crippen LogP contribution in [0.15, 0.2) is 60.8 Å². The molecular weight excluding hydrogens is 540 g/mol. The Balaban J connectivity index is 0.00000462. The van der Waals surface area contributed by atoms with Crippen molar-refractivity contribution in [2.24, 2.45) is 11.1 Å². The Bertz CT molecular complexity index is 1310. The van der Waals surface area contributed by atoms with E-state index in [0.29, 0.717) is 32.4 Å². The number of nitrogens with one attached hydrogen (secondary N) is 2. The van der Waals surface area contributed by atoms with Gasteiger partial charge in [0.1, 0.15) is 6.23 Å². The molecule has 41 heavy (non-hydrogen) atoms. The minimum Gasteiger partial charge on any atom is -0.376 e. The third-order valence-electron chi connectivity index (χ3n) is 8.09. The molecule has 0 aliphatic carbocycles. The van der Waals surface area contributed by atoms with Gasteiger partial charge in [-0.05, 0) is 56.7 Å². The SMILES string of the molecule is CN(C)N(C)C(=O)[C@@]1(Cc2ccccc2)CCCN(C(O)[C@@H](Cc2c[nH]c3ccccc23)NC(=O)C(C)(C)N)C1.Cl. The quantitative estimate of drug-likeness (QED) is 0.272. The highest BCUT2D eigenvalue weighted by molar-refractivity contribution is 5.86. The van der Waals surface area contributed by atoms with Gasteiger partial charge in [0, 0.05) is 51.3 Å². The van der Waals surface area contributed by atoms with Gasteiger partial charge in [-0.1, -0.05) is 48.5 Å². The van der Waals surface area contributed by atoms with Crippen LogP contribution in [0, 0.1) is 5.41 Å². The average Bonchev–Trinajstić information content (AvgIpc) is 3.34. The van der Waals surface area contributed by atoms with Crippen molar-refractivity contribution in [3.05, 3.63) is 71.9 Å². The summed E-state index contributed by atoms with van der Waals surface area (Å²) in [5, 5.41) is 19.4. The molecule has 2 heterocycles. The maximum absolute atomic E-state index is 14.0. The van der Waals surface area contributed by atoms with Gasteiger partial charge in [0.05, 0.1) is 17.0 Å². The summed E-state index contributed by atoms with van der Waals surface area (Å²) >= 11 is 0. The molecule has 10 heteroatoms. The number of piperidine rings is 1. The van der Waals surface area contributed by atoms with Crippen molar-refractivity contribution >= 4 is 35.1 Å². The van der Waals surface area contributed by atoms with Crippen LogP contribution in [0.2, 0.25) is 0 Å². The summed E-state index contributed by atoms with van der Waals surface area (Å²) in [7, 11) is 5.49. The van der Waals surface area contributed by atoms with E-state index < -0.39 is 23.2 Å². The minimum absolute atomic E-state index is 0. The largest absolute Gasteiger partial charge is 0.376 e. The first kappa shape index (κ1) is 32.6. The Morgan fingerprint density at radius 3 is 2.44 bits per heavy atom. The van der Waals surface area contributed by atoms with Crippen LogP contribution < -0.4 is 11.1 Å². The van der Waals surface area contributed by atoms with Crippen LogP contribution in [0.4, 0.5) is 0 Å². The van der Waals surface area contributed by atoms with E-state index in [1.54, 1.807) is 30.9 Å². The molecule has 4 rings (SSSR count). The minimum atomic E-state index is -1.11. The van der Waals surface area contributed by atoms with E-state index in [-0.39, 0.29) is 24.2 Å². The lowest BCUT2D eigenvalue weighted by atomic mass is 9.73. The number of aliphatic hydroxyl groups is 1. The second-order valence-corrected chi connectivity index (χ2v) is 12.0. The highest BCUT2D eigenvalue weighted by Crippen LogP contribution is 2.37. The lowest BCUT2D eigenvalue weighted by molar-refractivity contribution is -0.161. The van der Waals surface area contributed by atoms with Crippen molar-refractivity contribution in [1.29, 1.82) is 0 Å². The van der Waals surface area contributed by atoms with Gasteiger partial charge in [-0.3, -0.25) is 19.5 Å². The Hall–Kier alpha value is -2.95. The van der Waals surface area contributed by atoms with E-state index in [2.05, 4.69) is 10.3 Å². The number of halogens is 1. The lowest BCUT2D eigenvalue weighted by Crippen LogP contribution is -2.62. The number of hydrazine groups is 1. The predicted octanol–water partition coefficient (Wildman–Crippen LogP) is 2.93. The molecule has 3 aromatic rings. The van der Waals surface area contributed by atoms with E-state index in [4.69, 9.17) is 5.73 Å². The first-order chi connectivity index (χ1) is 18.9. The summed E-state index contributed by atoms with van der Waals surface area (Å²) in [6, 6.07) is 17.4. The fourth-order valence-electron chi connectivity index (χ4n) is 5.68. The van der Waals surface area contributed by atoms with E-state index in [1.165, 1.54) is 0 Å². The number of nitrogens with zero attached hydrogens (tertiary/aromatic N) is 3. The zero-order chi connectivity index (χ0) is 29.1. The second-order valence-electron chi connectivity index (χ2n) is 12.0. The fourth-order valence-corrected chi connectivity index (χ4v) is 5.68. The molecule has 0 spiro atoms. The van der Waals surface area contributed by atoms with Gasteiger partial charge < -0.3 is 21.1 Å². The number of benzene rings is 2. The van der Waals surface area contributed by atoms with Gasteiger partial charge >= 0.3 is 0 Å². The van der Waals surface area contributed by atoms with Crippen LogP contribution in [0.25, 0.3) is 10.9 Å². The number of fused-ring (bicyclic) bond motifs is 1. The second kappa shape index (κ2) is 13.4. The number of carbonyl (C=O) groups is 2. The monoisotopic (exact) mass is 584 g/mol. The first-order valence-corrected chi connectivity index (χ1v) is 14.0. The van der Waals surface area contributed by atoms with Crippen molar-refractivity contribution in [3.63, 3.8) is 0 Å². The van der Waals surface area contributed by atoms with E-state index in [0.717, 1.165) is 28.5 Å². The summed E-state index contributed by atoms with van der Waals surface area (Å²) in [6.45, 7) is 4.28. The zero-order valence-corrected chi connectivity index (χ0v) is 25.6. The standard InChI is InChI=1S/C31H44N6O3.ClH/c1-30(2,32)28(39)34-26(18-23-20-33-25-15-10-9-14-24(23)25)27(38)37-17-11-16-31(21-37,29(40)36(5)35(3)4)19-22-12-7-6-8-13-22;/h6-10,12-15,20,26-27,33,38H,11,16-19,21,32H2,1-5H3,(H,34,39);1H/t26-,27?,31-;/m1./s1. The van der Waals surface area contributed by atoms with Gasteiger partial charge in [0.15, 0.2) is 0 Å². The molecule has 9 nitrogen and oxygen atoms in total. The number of nitrogens with two attached hydrogens (primary N) is 1. The fraction of sp³-hybridized carbons (Fsp3) is 0.484. The van der Waals surface area contributed by atoms with Gasteiger partial charge in [-0.15, -0.1) is 12.4 Å². The summed E-state index contributed by atoms with van der Waals surface area (Å²) < 4.78 is 0. The van der Waals surface area contributed by atoms with Gasteiger partial charge in [0.2, 0.25) is 11.8 Å². The molecule has 3 atom stereocenters. The van der Waals surface area contributed by atoms with Crippen LogP contribution in [0.3, 0.4) is 0 Å². The van der Waals surface area contributed by atoms with E-state index >= 15 is 0 Å². The van der Waals surface area contributed by atoms with Crippen LogP contribution in [-0.4, -0.2) is 88.9 Å². The molecule has 2 amide bonds. The van der Waals surface area contributed by atoms with Crippen molar-refractivity contribution in [3.8, 4) is 0 Å². The summed E-state index contributed by atoms with van der Waals surface area (Å²) in [5.74, 6) is -0.328. The highest BCUT2D eigenvalue weighted by Gasteiger charge is 2.46. The number of carbonyl (C=O) groups excluding carboxylic acids is 2. The van der Waals surface area contributed by atoms with Crippen LogP contribution in [0.1, 0.15) is 37.8 Å². The molecule has 1 unspecified atom stereocenters. The van der Waals surface area contributed by atoms with Crippen molar-refractivity contribution in [1.82, 2.24) is 25.2 Å². The van der Waals surface area contributed by atoms with Crippen LogP contribution in [0.5, 0.6) is 0 Å². The average molecular weight is 585 g/mol. The molecule has 0 saturated carbocycles. The number of aromatic amines is 1. The maximum atomic E-state index is 14.0. The molecule has 2 aromatic carbocycles. The molecule has 224 valence electrons. The number of likely N-dealkylation sites (tertiary alicyclic amines) is 1. The predicted molar refractivity (Wildman–Crippen MR) is 165 cm³/mol. The van der Waals surface area contributed by atoms with Crippen molar-refractivity contribution in [2.45, 2.75) is 57.3 Å². The Kier molecular flexibility index (Phi) is 10.6. The van der Waals surface area contributed by atoms with E-state index in [9.17, 15) is 14.7 Å². The molecule has 0 bridgehead atoms. The molecule has 1 fully saturated rings. The maximum Gasteiger partial charge on any atom is 0.244 e. The van der Waals surface area contributed by atoms with Crippen molar-refractivity contribution < 1.29 is 14.7 Å². The number of rotatable bonds is 10. The van der Waals surface area contributed by atoms with Gasteiger partial charge in [-0.2, -0.15) is 0 Å². The number of para-hydroxylation sites is 1. The summed E-state index contributed by atoms with van der Waals surface area (Å²) in [6.07, 6.45) is 3.32. The third kappa shape index (κ3) is 7.47. The number of aliphatic hydroxyl groups excluding tert-OH is 1. The molecule has 1 saturated heterocycles. The van der Waals surface area contributed by atoms with Crippen LogP contribution in [-0.2, 0) is 22.4 Å². The Morgan fingerprint density at radius 1 is 1.12 bits per heavy atom. The molecule has 1 aliphatic rings. The van der Waals surface area contributed by atoms with E-state index in [1.807, 2.05) is 79.8 Å². The number of aromatic nitrogens is 1. The first-order valence-electron chi connectivity index (χ1n) is 14.0. The molecule has 5 N–H and O–H groups in total. The summed E-state index contributed by atoms with van der Waals surface area (Å²) in [5.41, 5.74) is 7.35. The van der Waals surface area contributed by atoms with Crippen molar-refractivity contribution in [2.75, 3.05) is 34.2 Å². The number of H-pyrrole nitrogens is 1. The Labute approximate surface area is 249 Å². The molecule has 1 aliphatic heterocycles. The molecule has 0 radical (unpaired) electrons. The normalized spacial score (nSPS) is 19.4. The zero-order valence-electron chi connectivity index (χ0n) is 24.8. The number of hydrogen-bond acceptors (Lipinski definition) is 6. The number of amides is 2. The highest BCUT2D eigenvalue weighted by atomic mass is 35.5. The molecular formula is C31H45ClN6O3. The smallest absolute Gasteiger partial charge is 0.244 e.